The number of hydrogen-bond donors (Lipinski definition) is 0. The number of hydrogen-bond acceptors (Lipinski definition) is 6. The Morgan fingerprint density at radius 2 is 2.18 bits per heavy atom. The van der Waals surface area contributed by atoms with E-state index in [-0.39, 0.29) is 12.7 Å². The van der Waals surface area contributed by atoms with Gasteiger partial charge in [-0.2, -0.15) is 0 Å². The van der Waals surface area contributed by atoms with Gasteiger partial charge < -0.3 is 14.2 Å². The molecule has 22 heavy (non-hydrogen) atoms. The van der Waals surface area contributed by atoms with E-state index in [9.17, 15) is 4.79 Å². The van der Waals surface area contributed by atoms with Crippen LogP contribution in [0, 0.1) is 0 Å². The summed E-state index contributed by atoms with van der Waals surface area (Å²) in [5.41, 5.74) is 1.31. The highest BCUT2D eigenvalue weighted by Gasteiger charge is 2.33. The lowest BCUT2D eigenvalue weighted by Gasteiger charge is -2.16. The van der Waals surface area contributed by atoms with Crippen molar-refractivity contribution in [2.75, 3.05) is 13.2 Å². The second-order valence-corrected chi connectivity index (χ2v) is 6.31. The van der Waals surface area contributed by atoms with Crippen LogP contribution in [0.1, 0.15) is 24.3 Å². The molecule has 1 aliphatic heterocycles. The summed E-state index contributed by atoms with van der Waals surface area (Å²) in [5, 5.41) is 2.51. The van der Waals surface area contributed by atoms with Gasteiger partial charge in [0, 0.05) is 10.9 Å². The lowest BCUT2D eigenvalue weighted by molar-refractivity contribution is -0.142. The molecule has 2 heterocycles. The van der Waals surface area contributed by atoms with Crippen LogP contribution in [-0.2, 0) is 14.2 Å². The van der Waals surface area contributed by atoms with Crippen molar-refractivity contribution in [3.63, 3.8) is 0 Å². The van der Waals surface area contributed by atoms with Crippen molar-refractivity contribution in [2.45, 2.75) is 25.7 Å². The van der Waals surface area contributed by atoms with Crippen molar-refractivity contribution in [1.82, 2.24) is 4.98 Å². The smallest absolute Gasteiger partial charge is 0.357 e. The first kappa shape index (κ1) is 15.1. The number of nitrogens with zero attached hydrogens (tertiary/aromatic N) is 1. The summed E-state index contributed by atoms with van der Waals surface area (Å²) >= 11 is 1.42. The van der Waals surface area contributed by atoms with Crippen molar-refractivity contribution in [3.05, 3.63) is 41.4 Å². The molecule has 0 radical (unpaired) electrons. The largest absolute Gasteiger partial charge is 0.458 e. The molecule has 3 rings (SSSR count). The Balaban J connectivity index is 1.58. The molecule has 0 bridgehead atoms. The highest BCUT2D eigenvalue weighted by atomic mass is 32.1. The molecule has 6 heteroatoms. The molecule has 0 amide bonds. The second-order valence-electron chi connectivity index (χ2n) is 5.45. The Morgan fingerprint density at radius 1 is 1.41 bits per heavy atom. The quantitative estimate of drug-likeness (QED) is 0.810. The fourth-order valence-corrected chi connectivity index (χ4v) is 2.96. The molecule has 1 atom stereocenters. The SMILES string of the molecule is CC1(C)OC[C@H](COC(=O)c2csc(-c3ccccc3)n2)O1. The predicted octanol–water partition coefficient (Wildman–Crippen LogP) is 3.12. The van der Waals surface area contributed by atoms with Crippen molar-refractivity contribution < 1.29 is 19.0 Å². The average Bonchev–Trinajstić information content (AvgIpc) is 3.12. The van der Waals surface area contributed by atoms with E-state index in [2.05, 4.69) is 4.98 Å². The predicted molar refractivity (Wildman–Crippen MR) is 82.7 cm³/mol. The number of rotatable bonds is 4. The molecule has 0 unspecified atom stereocenters. The monoisotopic (exact) mass is 319 g/mol. The van der Waals surface area contributed by atoms with E-state index in [0.717, 1.165) is 10.6 Å². The third-order valence-corrected chi connectivity index (χ3v) is 4.09. The number of carbonyl (C=O) groups is 1. The van der Waals surface area contributed by atoms with Gasteiger partial charge in [0.1, 0.15) is 17.7 Å². The molecule has 0 saturated carbocycles. The van der Waals surface area contributed by atoms with Gasteiger partial charge in [0.15, 0.2) is 11.5 Å². The molecule has 1 fully saturated rings. The number of aromatic nitrogens is 1. The maximum atomic E-state index is 12.0. The summed E-state index contributed by atoms with van der Waals surface area (Å²) in [6.45, 7) is 4.26. The molecular formula is C16H17NO4S. The Morgan fingerprint density at radius 3 is 2.86 bits per heavy atom. The Hall–Kier alpha value is -1.76. The third kappa shape index (κ3) is 3.52. The number of carbonyl (C=O) groups excluding carboxylic acids is 1. The third-order valence-electron chi connectivity index (χ3n) is 3.20. The normalized spacial score (nSPS) is 20.0. The Kier molecular flexibility index (Phi) is 4.24. The zero-order valence-electron chi connectivity index (χ0n) is 12.4. The molecule has 1 aromatic heterocycles. The van der Waals surface area contributed by atoms with E-state index >= 15 is 0 Å². The number of benzene rings is 1. The van der Waals surface area contributed by atoms with E-state index < -0.39 is 11.8 Å². The van der Waals surface area contributed by atoms with Crippen LogP contribution < -0.4 is 0 Å². The van der Waals surface area contributed by atoms with Gasteiger partial charge >= 0.3 is 5.97 Å². The van der Waals surface area contributed by atoms with Gasteiger partial charge in [-0.05, 0) is 13.8 Å². The van der Waals surface area contributed by atoms with E-state index in [1.165, 1.54) is 11.3 Å². The van der Waals surface area contributed by atoms with E-state index in [1.54, 1.807) is 5.38 Å². The van der Waals surface area contributed by atoms with Crippen LogP contribution in [0.3, 0.4) is 0 Å². The first-order chi connectivity index (χ1) is 10.5. The molecule has 0 spiro atoms. The summed E-state index contributed by atoms with van der Waals surface area (Å²) < 4.78 is 16.3. The first-order valence-electron chi connectivity index (χ1n) is 7.03. The van der Waals surface area contributed by atoms with Crippen LogP contribution in [0.25, 0.3) is 10.6 Å². The van der Waals surface area contributed by atoms with Gasteiger partial charge in [-0.25, -0.2) is 9.78 Å². The van der Waals surface area contributed by atoms with Crippen LogP contribution in [0.15, 0.2) is 35.7 Å². The lowest BCUT2D eigenvalue weighted by Crippen LogP contribution is -2.25. The van der Waals surface area contributed by atoms with Gasteiger partial charge in [-0.1, -0.05) is 30.3 Å². The highest BCUT2D eigenvalue weighted by Crippen LogP contribution is 2.25. The minimum absolute atomic E-state index is 0.167. The number of esters is 1. The number of thiazole rings is 1. The second kappa shape index (κ2) is 6.16. The van der Waals surface area contributed by atoms with Crippen molar-refractivity contribution in [3.8, 4) is 10.6 Å². The van der Waals surface area contributed by atoms with Crippen LogP contribution in [0.4, 0.5) is 0 Å². The van der Waals surface area contributed by atoms with Crippen LogP contribution >= 0.6 is 11.3 Å². The molecule has 5 nitrogen and oxygen atoms in total. The summed E-state index contributed by atoms with van der Waals surface area (Å²) in [4.78, 5) is 16.4. The molecule has 116 valence electrons. The molecule has 0 N–H and O–H groups in total. The summed E-state index contributed by atoms with van der Waals surface area (Å²) in [6, 6.07) is 9.73. The molecule has 1 aliphatic rings. The van der Waals surface area contributed by atoms with E-state index in [1.807, 2.05) is 44.2 Å². The highest BCUT2D eigenvalue weighted by molar-refractivity contribution is 7.13. The summed E-state index contributed by atoms with van der Waals surface area (Å²) in [7, 11) is 0. The van der Waals surface area contributed by atoms with Gasteiger partial charge in [0.05, 0.1) is 6.61 Å². The van der Waals surface area contributed by atoms with Crippen LogP contribution in [0.5, 0.6) is 0 Å². The van der Waals surface area contributed by atoms with Gasteiger partial charge in [-0.3, -0.25) is 0 Å². The topological polar surface area (TPSA) is 57.7 Å². The fourth-order valence-electron chi connectivity index (χ4n) is 2.17. The standard InChI is InChI=1S/C16H17NO4S/c1-16(2)20-9-12(21-16)8-19-15(18)13-10-22-14(17-13)11-6-4-3-5-7-11/h3-7,10,12H,8-9H2,1-2H3/t12-/m0/s1. The van der Waals surface area contributed by atoms with Gasteiger partial charge in [0.25, 0.3) is 0 Å². The van der Waals surface area contributed by atoms with Gasteiger partial charge in [0.2, 0.25) is 0 Å². The minimum Gasteiger partial charge on any atom is -0.458 e. The molecule has 2 aromatic rings. The molecule has 1 saturated heterocycles. The average molecular weight is 319 g/mol. The number of ether oxygens (including phenoxy) is 3. The fraction of sp³-hybridized carbons (Fsp3) is 0.375. The summed E-state index contributed by atoms with van der Waals surface area (Å²) in [5.74, 6) is -1.05. The van der Waals surface area contributed by atoms with Crippen molar-refractivity contribution >= 4 is 17.3 Å². The maximum Gasteiger partial charge on any atom is 0.357 e. The first-order valence-corrected chi connectivity index (χ1v) is 7.91. The van der Waals surface area contributed by atoms with E-state index in [4.69, 9.17) is 14.2 Å². The molecular weight excluding hydrogens is 302 g/mol. The van der Waals surface area contributed by atoms with E-state index in [0.29, 0.717) is 12.3 Å². The van der Waals surface area contributed by atoms with Crippen molar-refractivity contribution in [1.29, 1.82) is 0 Å². The zero-order chi connectivity index (χ0) is 15.6. The zero-order valence-corrected chi connectivity index (χ0v) is 13.3. The lowest BCUT2D eigenvalue weighted by atomic mass is 10.2. The van der Waals surface area contributed by atoms with Crippen LogP contribution in [-0.4, -0.2) is 36.1 Å². The molecule has 0 aliphatic carbocycles. The van der Waals surface area contributed by atoms with Crippen molar-refractivity contribution in [2.24, 2.45) is 0 Å². The maximum absolute atomic E-state index is 12.0. The summed E-state index contributed by atoms with van der Waals surface area (Å²) in [6.07, 6.45) is -0.230. The van der Waals surface area contributed by atoms with Gasteiger partial charge in [-0.15, -0.1) is 11.3 Å². The Bertz CT molecular complexity index is 653. The minimum atomic E-state index is -0.613. The van der Waals surface area contributed by atoms with Crippen LogP contribution in [0.2, 0.25) is 0 Å². The molecule has 1 aromatic carbocycles. The Labute approximate surface area is 132 Å².